The van der Waals surface area contributed by atoms with Gasteiger partial charge in [0.15, 0.2) is 0 Å². The number of hydrogen-bond acceptors (Lipinski definition) is 2. The molecule has 1 N–H and O–H groups in total. The molecular weight excluding hydrogens is 250 g/mol. The average molecular weight is 266 g/mol. The maximum absolute atomic E-state index is 9.40. The van der Waals surface area contributed by atoms with Crippen LogP contribution in [0.3, 0.4) is 0 Å². The van der Waals surface area contributed by atoms with Gasteiger partial charge in [-0.15, -0.1) is 0 Å². The van der Waals surface area contributed by atoms with Crippen LogP contribution >= 0.6 is 11.6 Å². The Morgan fingerprint density at radius 3 is 3.06 bits per heavy atom. The Labute approximate surface area is 111 Å². The zero-order valence-corrected chi connectivity index (χ0v) is 10.9. The molecule has 1 aliphatic rings. The second kappa shape index (κ2) is 4.92. The molecule has 0 amide bonds. The van der Waals surface area contributed by atoms with E-state index in [0.717, 1.165) is 47.5 Å². The van der Waals surface area contributed by atoms with Crippen LogP contribution < -0.4 is 0 Å². The van der Waals surface area contributed by atoms with Crippen LogP contribution in [0, 0.1) is 0 Å². The molecule has 0 saturated carbocycles. The quantitative estimate of drug-likeness (QED) is 0.926. The van der Waals surface area contributed by atoms with Crippen molar-refractivity contribution in [3.63, 3.8) is 0 Å². The summed E-state index contributed by atoms with van der Waals surface area (Å²) >= 11 is 6.05. The zero-order chi connectivity index (χ0) is 12.5. The minimum absolute atomic E-state index is 0.0522. The van der Waals surface area contributed by atoms with Crippen molar-refractivity contribution >= 4 is 22.5 Å². The third kappa shape index (κ3) is 2.14. The Morgan fingerprint density at radius 1 is 1.44 bits per heavy atom. The van der Waals surface area contributed by atoms with Crippen molar-refractivity contribution < 1.29 is 9.84 Å². The van der Waals surface area contributed by atoms with Gasteiger partial charge in [0.25, 0.3) is 0 Å². The summed E-state index contributed by atoms with van der Waals surface area (Å²) in [6.07, 6.45) is 4.53. The van der Waals surface area contributed by atoms with Gasteiger partial charge in [-0.05, 0) is 25.0 Å². The lowest BCUT2D eigenvalue weighted by atomic mass is 10.2. The van der Waals surface area contributed by atoms with Crippen LogP contribution in [0.5, 0.6) is 0 Å². The highest BCUT2D eigenvalue weighted by atomic mass is 35.5. The maximum Gasteiger partial charge on any atom is 0.0754 e. The van der Waals surface area contributed by atoms with Crippen molar-refractivity contribution in [3.05, 3.63) is 35.0 Å². The molecule has 1 aromatic heterocycles. The molecule has 2 aromatic rings. The third-order valence-corrected chi connectivity index (χ3v) is 3.76. The van der Waals surface area contributed by atoms with Crippen molar-refractivity contribution in [2.24, 2.45) is 0 Å². The third-order valence-electron chi connectivity index (χ3n) is 3.52. The van der Waals surface area contributed by atoms with Crippen LogP contribution in [-0.2, 0) is 17.9 Å². The van der Waals surface area contributed by atoms with Gasteiger partial charge in [0.1, 0.15) is 0 Å². The van der Waals surface area contributed by atoms with E-state index in [1.54, 1.807) is 0 Å². The SMILES string of the molecule is OCc1cn(CC2CCCO2)c2cc(Cl)ccc12. The monoisotopic (exact) mass is 265 g/mol. The van der Waals surface area contributed by atoms with Crippen LogP contribution in [-0.4, -0.2) is 22.4 Å². The molecule has 1 fully saturated rings. The molecule has 0 radical (unpaired) electrons. The minimum atomic E-state index is 0.0522. The predicted octanol–water partition coefficient (Wildman–Crippen LogP) is 2.97. The first-order chi connectivity index (χ1) is 8.78. The van der Waals surface area contributed by atoms with Crippen molar-refractivity contribution in [1.82, 2.24) is 4.57 Å². The van der Waals surface area contributed by atoms with Crippen LogP contribution in [0.4, 0.5) is 0 Å². The van der Waals surface area contributed by atoms with Crippen LogP contribution in [0.2, 0.25) is 5.02 Å². The number of aliphatic hydroxyl groups excluding tert-OH is 1. The van der Waals surface area contributed by atoms with Gasteiger partial charge in [-0.3, -0.25) is 0 Å². The van der Waals surface area contributed by atoms with E-state index in [1.165, 1.54) is 0 Å². The fourth-order valence-corrected chi connectivity index (χ4v) is 2.79. The normalized spacial score (nSPS) is 19.8. The van der Waals surface area contributed by atoms with Gasteiger partial charge in [0.05, 0.1) is 12.7 Å². The van der Waals surface area contributed by atoms with Crippen molar-refractivity contribution in [2.45, 2.75) is 32.1 Å². The number of aromatic nitrogens is 1. The number of aliphatic hydroxyl groups is 1. The van der Waals surface area contributed by atoms with E-state index < -0.39 is 0 Å². The zero-order valence-electron chi connectivity index (χ0n) is 10.1. The largest absolute Gasteiger partial charge is 0.392 e. The number of benzene rings is 1. The topological polar surface area (TPSA) is 34.4 Å². The molecular formula is C14H16ClNO2. The molecule has 1 unspecified atom stereocenters. The highest BCUT2D eigenvalue weighted by molar-refractivity contribution is 6.31. The summed E-state index contributed by atoms with van der Waals surface area (Å²) in [5.41, 5.74) is 2.02. The van der Waals surface area contributed by atoms with Crippen LogP contribution in [0.25, 0.3) is 10.9 Å². The number of rotatable bonds is 3. The highest BCUT2D eigenvalue weighted by Crippen LogP contribution is 2.26. The van der Waals surface area contributed by atoms with E-state index in [9.17, 15) is 5.11 Å². The van der Waals surface area contributed by atoms with Gasteiger partial charge >= 0.3 is 0 Å². The van der Waals surface area contributed by atoms with Gasteiger partial charge in [-0.1, -0.05) is 17.7 Å². The van der Waals surface area contributed by atoms with Gasteiger partial charge in [-0.2, -0.15) is 0 Å². The summed E-state index contributed by atoms with van der Waals surface area (Å²) in [6, 6.07) is 5.78. The Hall–Kier alpha value is -1.03. The molecule has 4 heteroatoms. The fourth-order valence-electron chi connectivity index (χ4n) is 2.63. The second-order valence-corrected chi connectivity index (χ2v) is 5.20. The molecule has 0 aliphatic carbocycles. The summed E-state index contributed by atoms with van der Waals surface area (Å²) < 4.78 is 7.80. The van der Waals surface area contributed by atoms with Crippen LogP contribution in [0.1, 0.15) is 18.4 Å². The molecule has 1 aliphatic heterocycles. The predicted molar refractivity (Wildman–Crippen MR) is 71.8 cm³/mol. The van der Waals surface area contributed by atoms with E-state index in [0.29, 0.717) is 0 Å². The molecule has 3 nitrogen and oxygen atoms in total. The van der Waals surface area contributed by atoms with Crippen molar-refractivity contribution in [1.29, 1.82) is 0 Å². The van der Waals surface area contributed by atoms with E-state index in [1.807, 2.05) is 24.4 Å². The van der Waals surface area contributed by atoms with Crippen LogP contribution in [0.15, 0.2) is 24.4 Å². The summed E-state index contributed by atoms with van der Waals surface area (Å²) in [7, 11) is 0. The molecule has 0 bridgehead atoms. The Bertz CT molecular complexity index is 558. The highest BCUT2D eigenvalue weighted by Gasteiger charge is 2.18. The van der Waals surface area contributed by atoms with Gasteiger partial charge < -0.3 is 14.4 Å². The summed E-state index contributed by atoms with van der Waals surface area (Å²) in [5.74, 6) is 0. The fraction of sp³-hybridized carbons (Fsp3) is 0.429. The standard InChI is InChI=1S/C14H16ClNO2/c15-11-3-4-13-10(9-17)7-16(14(13)6-11)8-12-2-1-5-18-12/h3-4,6-7,12,17H,1-2,5,8-9H2. The van der Waals surface area contributed by atoms with Crippen molar-refractivity contribution in [2.75, 3.05) is 6.61 Å². The van der Waals surface area contributed by atoms with E-state index >= 15 is 0 Å². The number of nitrogens with zero attached hydrogens (tertiary/aromatic N) is 1. The van der Waals surface area contributed by atoms with E-state index in [4.69, 9.17) is 16.3 Å². The molecule has 1 atom stereocenters. The Kier molecular flexibility index (Phi) is 3.29. The molecule has 0 spiro atoms. The van der Waals surface area contributed by atoms with E-state index in [2.05, 4.69) is 4.57 Å². The smallest absolute Gasteiger partial charge is 0.0754 e. The summed E-state index contributed by atoms with van der Waals surface area (Å²) in [5, 5.41) is 11.2. The first kappa shape index (κ1) is 12.0. The lowest BCUT2D eigenvalue weighted by molar-refractivity contribution is 0.0979. The molecule has 1 aromatic carbocycles. The number of halogens is 1. The lowest BCUT2D eigenvalue weighted by Gasteiger charge is -2.11. The van der Waals surface area contributed by atoms with Gasteiger partial charge in [-0.25, -0.2) is 0 Å². The Balaban J connectivity index is 2.01. The van der Waals surface area contributed by atoms with E-state index in [-0.39, 0.29) is 12.7 Å². The molecule has 18 heavy (non-hydrogen) atoms. The average Bonchev–Trinajstić information content (AvgIpc) is 2.98. The number of hydrogen-bond donors (Lipinski definition) is 1. The number of fused-ring (bicyclic) bond motifs is 1. The van der Waals surface area contributed by atoms with Gasteiger partial charge in [0.2, 0.25) is 0 Å². The lowest BCUT2D eigenvalue weighted by Crippen LogP contribution is -2.14. The summed E-state index contributed by atoms with van der Waals surface area (Å²) in [6.45, 7) is 1.74. The minimum Gasteiger partial charge on any atom is -0.392 e. The second-order valence-electron chi connectivity index (χ2n) is 4.76. The number of ether oxygens (including phenoxy) is 1. The molecule has 2 heterocycles. The molecule has 3 rings (SSSR count). The first-order valence-corrected chi connectivity index (χ1v) is 6.65. The molecule has 96 valence electrons. The Morgan fingerprint density at radius 2 is 2.33 bits per heavy atom. The first-order valence-electron chi connectivity index (χ1n) is 6.27. The maximum atomic E-state index is 9.40. The van der Waals surface area contributed by atoms with Gasteiger partial charge in [0, 0.05) is 40.8 Å². The summed E-state index contributed by atoms with van der Waals surface area (Å²) in [4.78, 5) is 0. The molecule has 1 saturated heterocycles. The van der Waals surface area contributed by atoms with Crippen molar-refractivity contribution in [3.8, 4) is 0 Å².